The Morgan fingerprint density at radius 3 is 1.25 bits per heavy atom. The van der Waals surface area contributed by atoms with Gasteiger partial charge in [0.2, 0.25) is 0 Å². The minimum atomic E-state index is -1.19. The number of hydrogen-bond acceptors (Lipinski definition) is 0. The summed E-state index contributed by atoms with van der Waals surface area (Å²) in [6, 6.07) is 0. The minimum absolute atomic E-state index is 0. The standard InChI is InChI=1S/Cu.2FH.Fe/h;2*1H;/q+2;;;/p-2. The number of rotatable bonds is 0. The molecule has 0 aliphatic carbocycles. The van der Waals surface area contributed by atoms with E-state index in [1.54, 1.807) is 0 Å². The molecule has 0 radical (unpaired) electrons. The van der Waals surface area contributed by atoms with Crippen molar-refractivity contribution in [3.05, 3.63) is 0 Å². The fraction of sp³-hybridized carbons (Fsp3) is 0. The molecule has 33 valence electrons. The zero-order valence-electron chi connectivity index (χ0n) is 1.41. The zero-order valence-corrected chi connectivity index (χ0v) is 3.46. The van der Waals surface area contributed by atoms with Crippen molar-refractivity contribution in [3.63, 3.8) is 0 Å². The van der Waals surface area contributed by atoms with E-state index in [-0.39, 0.29) is 17.1 Å². The predicted octanol–water partition coefficient (Wildman–Crippen LogP) is 0.835. The van der Waals surface area contributed by atoms with Crippen LogP contribution in [0.2, 0.25) is 0 Å². The third kappa shape index (κ3) is 12.9. The van der Waals surface area contributed by atoms with Gasteiger partial charge >= 0.3 is 23.0 Å². The van der Waals surface area contributed by atoms with Crippen LogP contribution in [0.5, 0.6) is 0 Å². The molecule has 0 unspecified atom stereocenters. The van der Waals surface area contributed by atoms with Gasteiger partial charge in [-0.1, -0.05) is 0 Å². The average molecular weight is 157 g/mol. The largest absolute Gasteiger partial charge is 0 e. The van der Waals surface area contributed by atoms with Crippen LogP contribution in [0.15, 0.2) is 0 Å². The quantitative estimate of drug-likeness (QED) is 0.457. The third-order valence-electron chi connectivity index (χ3n) is 0. The monoisotopic (exact) mass is 157 g/mol. The second-order valence-corrected chi connectivity index (χ2v) is 0.178. The van der Waals surface area contributed by atoms with Gasteiger partial charge < -0.3 is 0 Å². The van der Waals surface area contributed by atoms with Crippen molar-refractivity contribution in [3.8, 4) is 0 Å². The molecule has 4 heteroatoms. The van der Waals surface area contributed by atoms with Gasteiger partial charge in [0.05, 0.1) is 0 Å². The molecule has 0 fully saturated rings. The molecule has 0 aromatic rings. The molecular formula is CuF2Fe. The van der Waals surface area contributed by atoms with Crippen LogP contribution in [0.4, 0.5) is 7.10 Å². The van der Waals surface area contributed by atoms with Gasteiger partial charge in [-0.05, 0) is 0 Å². The first-order valence-electron chi connectivity index (χ1n) is 0.228. The van der Waals surface area contributed by atoms with E-state index in [1.165, 1.54) is 0 Å². The van der Waals surface area contributed by atoms with Gasteiger partial charge in [0.1, 0.15) is 0 Å². The van der Waals surface area contributed by atoms with Crippen molar-refractivity contribution in [1.82, 2.24) is 0 Å². The second kappa shape index (κ2) is 9.09. The predicted molar refractivity (Wildman–Crippen MR) is 2.22 cm³/mol. The Kier molecular flexibility index (Phi) is 20.1. The van der Waals surface area contributed by atoms with E-state index in [1.807, 2.05) is 0 Å². The van der Waals surface area contributed by atoms with Crippen molar-refractivity contribution < 1.29 is 40.0 Å². The molecule has 0 nitrogen and oxygen atoms in total. The van der Waals surface area contributed by atoms with Gasteiger partial charge in [-0.2, -0.15) is 0 Å². The Bertz CT molecular complexity index is 6.00. The molecule has 0 aliphatic rings. The number of hydrogen-bond donors (Lipinski definition) is 0. The van der Waals surface area contributed by atoms with Gasteiger partial charge in [-0.15, -0.1) is 0 Å². The number of halogens is 2. The molecule has 0 aromatic carbocycles. The fourth-order valence-electron chi connectivity index (χ4n) is 0. The van der Waals surface area contributed by atoms with Crippen LogP contribution in [0, 0.1) is 0 Å². The van der Waals surface area contributed by atoms with Gasteiger partial charge in [-0.25, -0.2) is 0 Å². The maximum absolute atomic E-state index is 9.53. The molecule has 0 rings (SSSR count). The van der Waals surface area contributed by atoms with Crippen molar-refractivity contribution in [2.75, 3.05) is 0 Å². The molecule has 0 aromatic heterocycles. The van der Waals surface area contributed by atoms with Crippen molar-refractivity contribution in [2.24, 2.45) is 0 Å². The van der Waals surface area contributed by atoms with Crippen LogP contribution in [-0.4, -0.2) is 0 Å². The summed E-state index contributed by atoms with van der Waals surface area (Å²) >= 11 is -1.19. The van der Waals surface area contributed by atoms with E-state index in [4.69, 9.17) is 0 Å². The van der Waals surface area contributed by atoms with Crippen LogP contribution in [-0.2, 0) is 32.9 Å². The first-order valence-corrected chi connectivity index (χ1v) is 0.940. The summed E-state index contributed by atoms with van der Waals surface area (Å²) in [5.74, 6) is 0. The van der Waals surface area contributed by atoms with E-state index in [0.29, 0.717) is 0 Å². The Labute approximate surface area is 40.5 Å². The second-order valence-electron chi connectivity index (χ2n) is 0.0431. The molecular weight excluding hydrogens is 157 g/mol. The van der Waals surface area contributed by atoms with Gasteiger partial charge in [0, 0.05) is 17.1 Å². The van der Waals surface area contributed by atoms with Crippen LogP contribution in [0.3, 0.4) is 0 Å². The molecule has 0 heterocycles. The Morgan fingerprint density at radius 1 is 1.25 bits per heavy atom. The topological polar surface area (TPSA) is 0 Å². The first kappa shape index (κ1) is 8.86. The van der Waals surface area contributed by atoms with Gasteiger partial charge in [-0.3, -0.25) is 0 Å². The normalized spacial score (nSPS) is 5.50. The van der Waals surface area contributed by atoms with E-state index in [2.05, 4.69) is 0 Å². The molecule has 0 saturated heterocycles. The van der Waals surface area contributed by atoms with Crippen molar-refractivity contribution in [2.45, 2.75) is 0 Å². The summed E-state index contributed by atoms with van der Waals surface area (Å²) in [6.07, 6.45) is 0. The fourth-order valence-corrected chi connectivity index (χ4v) is 0. The van der Waals surface area contributed by atoms with E-state index < -0.39 is 15.9 Å². The zero-order chi connectivity index (χ0) is 2.71. The summed E-state index contributed by atoms with van der Waals surface area (Å²) < 4.78 is 19.1. The van der Waals surface area contributed by atoms with Gasteiger partial charge in [0.15, 0.2) is 0 Å². The minimum Gasteiger partial charge on any atom is 0 e. The summed E-state index contributed by atoms with van der Waals surface area (Å²) in [6.45, 7) is 0. The van der Waals surface area contributed by atoms with Gasteiger partial charge in [0.25, 0.3) is 0 Å². The Hall–Kier alpha value is 0.899. The Morgan fingerprint density at radius 2 is 1.25 bits per heavy atom. The maximum Gasteiger partial charge on any atom is 0 e. The first-order chi connectivity index (χ1) is 1.41. The molecule has 0 spiro atoms. The molecule has 0 atom stereocenters. The summed E-state index contributed by atoms with van der Waals surface area (Å²) in [5.41, 5.74) is 0. The van der Waals surface area contributed by atoms with E-state index in [9.17, 15) is 7.10 Å². The summed E-state index contributed by atoms with van der Waals surface area (Å²) in [7, 11) is 0. The molecule has 0 aliphatic heterocycles. The van der Waals surface area contributed by atoms with Crippen LogP contribution in [0.1, 0.15) is 0 Å². The SMILES string of the molecule is [F][Cu][F].[Fe]. The van der Waals surface area contributed by atoms with Crippen molar-refractivity contribution >= 4 is 0 Å². The van der Waals surface area contributed by atoms with E-state index in [0.717, 1.165) is 0 Å². The van der Waals surface area contributed by atoms with Crippen LogP contribution in [0.25, 0.3) is 0 Å². The molecule has 0 saturated carbocycles. The maximum atomic E-state index is 9.53. The molecule has 4 heavy (non-hydrogen) atoms. The summed E-state index contributed by atoms with van der Waals surface area (Å²) in [4.78, 5) is 0. The van der Waals surface area contributed by atoms with Crippen molar-refractivity contribution in [1.29, 1.82) is 0 Å². The average Bonchev–Trinajstić information content (AvgIpc) is 0.918. The molecule has 0 N–H and O–H groups in total. The van der Waals surface area contributed by atoms with Crippen LogP contribution >= 0.6 is 0 Å². The molecule has 0 amide bonds. The van der Waals surface area contributed by atoms with Crippen LogP contribution < -0.4 is 0 Å². The molecule has 0 bridgehead atoms. The van der Waals surface area contributed by atoms with E-state index >= 15 is 0 Å². The third-order valence-corrected chi connectivity index (χ3v) is 0. The summed E-state index contributed by atoms with van der Waals surface area (Å²) in [5, 5.41) is 0. The Balaban J connectivity index is 0. The smallest absolute Gasteiger partial charge is 0 e.